The molecule has 1 aliphatic rings. The molecule has 4 rings (SSSR count). The Morgan fingerprint density at radius 3 is 2.79 bits per heavy atom. The summed E-state index contributed by atoms with van der Waals surface area (Å²) in [6.45, 7) is 2.48. The van der Waals surface area contributed by atoms with Crippen LogP contribution in [0.25, 0.3) is 11.3 Å². The van der Waals surface area contributed by atoms with Gasteiger partial charge in [0.1, 0.15) is 11.6 Å². The van der Waals surface area contributed by atoms with Crippen molar-refractivity contribution >= 4 is 5.69 Å². The van der Waals surface area contributed by atoms with Gasteiger partial charge in [0, 0.05) is 69.0 Å². The average molecular weight is 395 g/mol. The number of hydrogen-bond acceptors (Lipinski definition) is 6. The molecular formula is C20H25N7O2. The normalized spacial score (nSPS) is 13.8. The molecule has 0 fully saturated rings. The van der Waals surface area contributed by atoms with Gasteiger partial charge in [0.15, 0.2) is 0 Å². The smallest absolute Gasteiger partial charge is 0.269 e. The standard InChI is InChI=1S/C20H25N7O2/c1-25-14-16(20(24-25)15-6-8-17(9-7-15)27(28)29)13-21-11-10-19-23-22-18-5-3-2-4-12-26(18)19/h6-9,14,21H,2-5,10-13H2,1H3. The van der Waals surface area contributed by atoms with E-state index in [1.807, 2.05) is 13.2 Å². The summed E-state index contributed by atoms with van der Waals surface area (Å²) >= 11 is 0. The van der Waals surface area contributed by atoms with Crippen LogP contribution in [-0.2, 0) is 33.0 Å². The SMILES string of the molecule is Cn1cc(CNCCc2nnc3n2CCCCC3)c(-c2ccc([N+](=O)[O-])cc2)n1. The zero-order valence-corrected chi connectivity index (χ0v) is 16.5. The Kier molecular flexibility index (Phi) is 5.66. The van der Waals surface area contributed by atoms with Crippen molar-refractivity contribution in [2.24, 2.45) is 7.05 Å². The third-order valence-corrected chi connectivity index (χ3v) is 5.28. The van der Waals surface area contributed by atoms with Crippen LogP contribution < -0.4 is 5.32 Å². The van der Waals surface area contributed by atoms with Gasteiger partial charge in [-0.2, -0.15) is 5.10 Å². The van der Waals surface area contributed by atoms with Crippen molar-refractivity contribution in [2.75, 3.05) is 6.54 Å². The van der Waals surface area contributed by atoms with Crippen molar-refractivity contribution in [3.63, 3.8) is 0 Å². The van der Waals surface area contributed by atoms with Crippen LogP contribution in [0.3, 0.4) is 0 Å². The minimum atomic E-state index is -0.393. The Morgan fingerprint density at radius 1 is 1.17 bits per heavy atom. The molecule has 1 N–H and O–H groups in total. The lowest BCUT2D eigenvalue weighted by Crippen LogP contribution is -2.19. The van der Waals surface area contributed by atoms with Crippen LogP contribution in [0.5, 0.6) is 0 Å². The molecule has 0 atom stereocenters. The van der Waals surface area contributed by atoms with Crippen molar-refractivity contribution in [1.29, 1.82) is 0 Å². The van der Waals surface area contributed by atoms with E-state index in [2.05, 4.69) is 25.2 Å². The molecule has 9 heteroatoms. The van der Waals surface area contributed by atoms with Gasteiger partial charge in [-0.3, -0.25) is 14.8 Å². The van der Waals surface area contributed by atoms with Gasteiger partial charge in [-0.15, -0.1) is 10.2 Å². The number of fused-ring (bicyclic) bond motifs is 1. The van der Waals surface area contributed by atoms with Crippen molar-refractivity contribution < 1.29 is 4.92 Å². The molecule has 29 heavy (non-hydrogen) atoms. The topological polar surface area (TPSA) is 104 Å². The summed E-state index contributed by atoms with van der Waals surface area (Å²) in [6, 6.07) is 6.52. The van der Waals surface area contributed by atoms with E-state index in [1.165, 1.54) is 31.4 Å². The summed E-state index contributed by atoms with van der Waals surface area (Å²) in [4.78, 5) is 10.5. The lowest BCUT2D eigenvalue weighted by molar-refractivity contribution is -0.384. The fourth-order valence-corrected chi connectivity index (χ4v) is 3.80. The van der Waals surface area contributed by atoms with Gasteiger partial charge in [0.25, 0.3) is 5.69 Å². The van der Waals surface area contributed by atoms with E-state index in [1.54, 1.807) is 16.8 Å². The number of hydrogen-bond donors (Lipinski definition) is 1. The Morgan fingerprint density at radius 2 is 2.00 bits per heavy atom. The predicted molar refractivity (Wildman–Crippen MR) is 108 cm³/mol. The molecule has 0 bridgehead atoms. The molecule has 1 aromatic carbocycles. The van der Waals surface area contributed by atoms with Crippen molar-refractivity contribution in [1.82, 2.24) is 29.9 Å². The fraction of sp³-hybridized carbons (Fsp3) is 0.450. The van der Waals surface area contributed by atoms with Crippen LogP contribution in [0.4, 0.5) is 5.69 Å². The van der Waals surface area contributed by atoms with E-state index in [0.717, 1.165) is 54.4 Å². The fourth-order valence-electron chi connectivity index (χ4n) is 3.80. The average Bonchev–Trinajstić information content (AvgIpc) is 3.19. The molecule has 152 valence electrons. The van der Waals surface area contributed by atoms with Gasteiger partial charge in [0.05, 0.1) is 10.6 Å². The van der Waals surface area contributed by atoms with Gasteiger partial charge >= 0.3 is 0 Å². The largest absolute Gasteiger partial charge is 0.315 e. The van der Waals surface area contributed by atoms with Crippen molar-refractivity contribution in [2.45, 2.75) is 45.2 Å². The summed E-state index contributed by atoms with van der Waals surface area (Å²) < 4.78 is 4.05. The first-order chi connectivity index (χ1) is 14.1. The highest BCUT2D eigenvalue weighted by Crippen LogP contribution is 2.24. The maximum atomic E-state index is 10.9. The van der Waals surface area contributed by atoms with Crippen molar-refractivity contribution in [3.8, 4) is 11.3 Å². The molecule has 0 amide bonds. The number of nitrogens with one attached hydrogen (secondary N) is 1. The maximum absolute atomic E-state index is 10.9. The van der Waals surface area contributed by atoms with Crippen LogP contribution in [0.1, 0.15) is 36.5 Å². The van der Waals surface area contributed by atoms with E-state index >= 15 is 0 Å². The summed E-state index contributed by atoms with van der Waals surface area (Å²) in [5.74, 6) is 2.17. The van der Waals surface area contributed by atoms with Crippen molar-refractivity contribution in [3.05, 3.63) is 57.8 Å². The highest BCUT2D eigenvalue weighted by atomic mass is 16.6. The third-order valence-electron chi connectivity index (χ3n) is 5.28. The molecule has 3 heterocycles. The lowest BCUT2D eigenvalue weighted by atomic mass is 10.1. The summed E-state index contributed by atoms with van der Waals surface area (Å²) in [5.41, 5.74) is 2.85. The minimum absolute atomic E-state index is 0.0804. The second-order valence-corrected chi connectivity index (χ2v) is 7.40. The van der Waals surface area contributed by atoms with Gasteiger partial charge in [-0.1, -0.05) is 6.42 Å². The number of nitrogens with zero attached hydrogens (tertiary/aromatic N) is 6. The second kappa shape index (κ2) is 8.52. The minimum Gasteiger partial charge on any atom is -0.315 e. The first-order valence-corrected chi connectivity index (χ1v) is 10.0. The maximum Gasteiger partial charge on any atom is 0.269 e. The van der Waals surface area contributed by atoms with Crippen LogP contribution in [0.2, 0.25) is 0 Å². The van der Waals surface area contributed by atoms with Crippen LogP contribution >= 0.6 is 0 Å². The number of non-ortho nitro benzene ring substituents is 1. The van der Waals surface area contributed by atoms with Gasteiger partial charge < -0.3 is 9.88 Å². The van der Waals surface area contributed by atoms with E-state index in [9.17, 15) is 10.1 Å². The second-order valence-electron chi connectivity index (χ2n) is 7.40. The molecule has 3 aromatic rings. The molecule has 0 aliphatic carbocycles. The van der Waals surface area contributed by atoms with Crippen LogP contribution in [0, 0.1) is 10.1 Å². The van der Waals surface area contributed by atoms with E-state index in [-0.39, 0.29) is 5.69 Å². The molecule has 0 radical (unpaired) electrons. The molecule has 0 saturated carbocycles. The first kappa shape index (κ1) is 19.3. The molecule has 0 spiro atoms. The molecule has 9 nitrogen and oxygen atoms in total. The Balaban J connectivity index is 1.38. The number of nitro benzene ring substituents is 1. The van der Waals surface area contributed by atoms with E-state index in [4.69, 9.17) is 0 Å². The number of aryl methyl sites for hydroxylation is 2. The quantitative estimate of drug-likeness (QED) is 0.375. The number of benzene rings is 1. The van der Waals surface area contributed by atoms with Gasteiger partial charge in [-0.25, -0.2) is 0 Å². The van der Waals surface area contributed by atoms with Gasteiger partial charge in [0.2, 0.25) is 0 Å². The summed E-state index contributed by atoms with van der Waals surface area (Å²) in [5, 5.41) is 27.6. The van der Waals surface area contributed by atoms with E-state index in [0.29, 0.717) is 6.54 Å². The number of aromatic nitrogens is 5. The Bertz CT molecular complexity index is 991. The Hall–Kier alpha value is -3.07. The summed E-state index contributed by atoms with van der Waals surface area (Å²) in [7, 11) is 1.88. The Labute approximate surface area is 168 Å². The molecule has 0 saturated heterocycles. The predicted octanol–water partition coefficient (Wildman–Crippen LogP) is 2.65. The zero-order valence-electron chi connectivity index (χ0n) is 16.5. The zero-order chi connectivity index (χ0) is 20.2. The third kappa shape index (κ3) is 4.34. The monoisotopic (exact) mass is 395 g/mol. The van der Waals surface area contributed by atoms with E-state index < -0.39 is 4.92 Å². The molecule has 2 aromatic heterocycles. The summed E-state index contributed by atoms with van der Waals surface area (Å²) in [6.07, 6.45) is 7.48. The van der Waals surface area contributed by atoms with Crippen LogP contribution in [0.15, 0.2) is 30.5 Å². The molecule has 0 unspecified atom stereocenters. The van der Waals surface area contributed by atoms with Gasteiger partial charge in [-0.05, 0) is 25.0 Å². The number of rotatable bonds is 7. The molecular weight excluding hydrogens is 370 g/mol. The first-order valence-electron chi connectivity index (χ1n) is 10.0. The lowest BCUT2D eigenvalue weighted by Gasteiger charge is -2.08. The highest BCUT2D eigenvalue weighted by molar-refractivity contribution is 5.64. The highest BCUT2D eigenvalue weighted by Gasteiger charge is 2.15. The van der Waals surface area contributed by atoms with Crippen LogP contribution in [-0.4, -0.2) is 36.0 Å². The number of nitro groups is 1. The molecule has 1 aliphatic heterocycles.